The largest absolute Gasteiger partial charge is 0.416 e. The summed E-state index contributed by atoms with van der Waals surface area (Å²) >= 11 is 0. The topological polar surface area (TPSA) is 48.9 Å². The summed E-state index contributed by atoms with van der Waals surface area (Å²) in [6, 6.07) is 5.70. The Hall–Kier alpha value is -1.80. The number of hydrogen-bond acceptors (Lipinski definition) is 5. The molecule has 1 saturated heterocycles. The first kappa shape index (κ1) is 18.0. The van der Waals surface area contributed by atoms with Crippen LogP contribution in [-0.4, -0.2) is 56.3 Å². The van der Waals surface area contributed by atoms with E-state index < -0.39 is 11.7 Å². The quantitative estimate of drug-likeness (QED) is 0.867. The number of nitrogens with zero attached hydrogens (tertiary/aromatic N) is 2. The summed E-state index contributed by atoms with van der Waals surface area (Å²) in [7, 11) is 0. The van der Waals surface area contributed by atoms with Gasteiger partial charge in [0.25, 0.3) is 0 Å². The number of halogens is 3. The fourth-order valence-electron chi connectivity index (χ4n) is 3.09. The second kappa shape index (κ2) is 7.61. The second-order valence-corrected chi connectivity index (χ2v) is 6.40. The number of aliphatic imine (C=N–C) groups is 1. The molecule has 0 bridgehead atoms. The summed E-state index contributed by atoms with van der Waals surface area (Å²) in [4.78, 5) is 6.61. The van der Waals surface area contributed by atoms with Gasteiger partial charge in [0.15, 0.2) is 5.96 Å². The zero-order valence-corrected chi connectivity index (χ0v) is 14.1. The number of alkyl halides is 3. The van der Waals surface area contributed by atoms with Crippen molar-refractivity contribution in [1.82, 2.24) is 15.5 Å². The van der Waals surface area contributed by atoms with Gasteiger partial charge in [-0.1, -0.05) is 12.1 Å². The average Bonchev–Trinajstić information content (AvgIpc) is 3.01. The summed E-state index contributed by atoms with van der Waals surface area (Å²) in [5.41, 5.74) is 0.231. The van der Waals surface area contributed by atoms with Crippen LogP contribution in [0.15, 0.2) is 29.3 Å². The normalized spacial score (nSPS) is 23.0. The lowest BCUT2D eigenvalue weighted by atomic mass is 10.0. The predicted molar refractivity (Wildman–Crippen MR) is 89.5 cm³/mol. The van der Waals surface area contributed by atoms with Gasteiger partial charge in [-0.3, -0.25) is 9.89 Å². The predicted octanol–water partition coefficient (Wildman–Crippen LogP) is 2.02. The molecule has 1 aromatic carbocycles. The van der Waals surface area contributed by atoms with Crippen LogP contribution in [0.1, 0.15) is 24.1 Å². The molecule has 2 aliphatic heterocycles. The van der Waals surface area contributed by atoms with Crippen molar-refractivity contribution in [2.24, 2.45) is 4.99 Å². The molecule has 8 heteroatoms. The summed E-state index contributed by atoms with van der Waals surface area (Å²) < 4.78 is 43.8. The zero-order chi connectivity index (χ0) is 17.9. The second-order valence-electron chi connectivity index (χ2n) is 6.40. The maximum atomic E-state index is 12.8. The molecule has 0 aromatic heterocycles. The molecule has 2 heterocycles. The van der Waals surface area contributed by atoms with Gasteiger partial charge < -0.3 is 15.4 Å². The van der Waals surface area contributed by atoms with Crippen molar-refractivity contribution in [2.45, 2.75) is 25.2 Å². The van der Waals surface area contributed by atoms with E-state index in [0.29, 0.717) is 25.8 Å². The minimum Gasteiger partial charge on any atom is -0.379 e. The Balaban J connectivity index is 1.73. The van der Waals surface area contributed by atoms with Crippen molar-refractivity contribution >= 4 is 5.96 Å². The third kappa shape index (κ3) is 4.64. The van der Waals surface area contributed by atoms with Gasteiger partial charge in [-0.25, -0.2) is 0 Å². The highest BCUT2D eigenvalue weighted by Gasteiger charge is 2.31. The number of nitrogens with one attached hydrogen (secondary N) is 2. The molecule has 2 unspecified atom stereocenters. The van der Waals surface area contributed by atoms with Crippen molar-refractivity contribution in [1.29, 1.82) is 0 Å². The number of hydrogen-bond donors (Lipinski definition) is 2. The molecule has 0 spiro atoms. The lowest BCUT2D eigenvalue weighted by Gasteiger charge is -2.35. The van der Waals surface area contributed by atoms with Crippen LogP contribution >= 0.6 is 0 Å². The first-order valence-electron chi connectivity index (χ1n) is 8.47. The highest BCUT2D eigenvalue weighted by atomic mass is 19.4. The maximum Gasteiger partial charge on any atom is 0.416 e. The Kier molecular flexibility index (Phi) is 5.48. The van der Waals surface area contributed by atoms with E-state index in [-0.39, 0.29) is 6.04 Å². The van der Waals surface area contributed by atoms with Gasteiger partial charge in [0.05, 0.1) is 31.4 Å². The van der Waals surface area contributed by atoms with Gasteiger partial charge in [0.1, 0.15) is 0 Å². The van der Waals surface area contributed by atoms with Crippen LogP contribution in [0.5, 0.6) is 0 Å². The molecule has 1 aromatic rings. The van der Waals surface area contributed by atoms with E-state index in [4.69, 9.17) is 4.74 Å². The van der Waals surface area contributed by atoms with Crippen LogP contribution in [0.25, 0.3) is 0 Å². The molecule has 2 atom stereocenters. The van der Waals surface area contributed by atoms with Gasteiger partial charge >= 0.3 is 6.18 Å². The molecule has 0 saturated carbocycles. The lowest BCUT2D eigenvalue weighted by molar-refractivity contribution is -0.137. The molecule has 0 amide bonds. The van der Waals surface area contributed by atoms with Gasteiger partial charge in [-0.2, -0.15) is 13.2 Å². The van der Waals surface area contributed by atoms with E-state index in [1.165, 1.54) is 0 Å². The highest BCUT2D eigenvalue weighted by Crippen LogP contribution is 2.31. The highest BCUT2D eigenvalue weighted by molar-refractivity contribution is 5.81. The molecule has 5 nitrogen and oxygen atoms in total. The summed E-state index contributed by atoms with van der Waals surface area (Å²) in [5, 5.41) is 6.53. The van der Waals surface area contributed by atoms with E-state index in [1.54, 1.807) is 12.1 Å². The first-order chi connectivity index (χ1) is 11.9. The molecule has 0 aliphatic carbocycles. The standard InChI is InChI=1S/C17H23F3N4O/c1-12-10-21-16(23-12)22-11-15(24-6-8-25-9-7-24)13-2-4-14(5-3-13)17(18,19)20/h2-5,12,15H,6-11H2,1H3,(H2,21,22,23). The Morgan fingerprint density at radius 1 is 1.28 bits per heavy atom. The lowest BCUT2D eigenvalue weighted by Crippen LogP contribution is -2.46. The number of rotatable bonds is 4. The van der Waals surface area contributed by atoms with Gasteiger partial charge in [0, 0.05) is 25.7 Å². The fourth-order valence-corrected chi connectivity index (χ4v) is 3.09. The summed E-state index contributed by atoms with van der Waals surface area (Å²) in [6.07, 6.45) is -4.32. The molecule has 2 aliphatic rings. The van der Waals surface area contributed by atoms with Gasteiger partial charge in [0.2, 0.25) is 0 Å². The third-order valence-corrected chi connectivity index (χ3v) is 4.48. The number of morpholine rings is 1. The third-order valence-electron chi connectivity index (χ3n) is 4.48. The molecule has 25 heavy (non-hydrogen) atoms. The van der Waals surface area contributed by atoms with Gasteiger partial charge in [-0.05, 0) is 24.6 Å². The molecular weight excluding hydrogens is 333 g/mol. The smallest absolute Gasteiger partial charge is 0.379 e. The van der Waals surface area contributed by atoms with Crippen molar-refractivity contribution in [3.05, 3.63) is 35.4 Å². The minimum absolute atomic E-state index is 0.0356. The van der Waals surface area contributed by atoms with E-state index in [1.807, 2.05) is 6.92 Å². The van der Waals surface area contributed by atoms with E-state index in [0.717, 1.165) is 43.3 Å². The molecule has 0 radical (unpaired) electrons. The van der Waals surface area contributed by atoms with Crippen LogP contribution in [0.3, 0.4) is 0 Å². The van der Waals surface area contributed by atoms with E-state index >= 15 is 0 Å². The van der Waals surface area contributed by atoms with E-state index in [9.17, 15) is 13.2 Å². The molecule has 3 rings (SSSR count). The number of ether oxygens (including phenoxy) is 1. The fraction of sp³-hybridized carbons (Fsp3) is 0.588. The number of guanidine groups is 1. The van der Waals surface area contributed by atoms with Crippen molar-refractivity contribution in [3.63, 3.8) is 0 Å². The summed E-state index contributed by atoms with van der Waals surface area (Å²) in [5.74, 6) is 0.748. The monoisotopic (exact) mass is 356 g/mol. The Morgan fingerprint density at radius 3 is 2.52 bits per heavy atom. The molecule has 2 N–H and O–H groups in total. The SMILES string of the molecule is CC1CN=C(NCC(c2ccc(C(F)(F)F)cc2)N2CCOCC2)N1. The van der Waals surface area contributed by atoms with Crippen LogP contribution in [-0.2, 0) is 10.9 Å². The van der Waals surface area contributed by atoms with Crippen LogP contribution in [0.2, 0.25) is 0 Å². The average molecular weight is 356 g/mol. The first-order valence-corrected chi connectivity index (χ1v) is 8.47. The maximum absolute atomic E-state index is 12.8. The van der Waals surface area contributed by atoms with Crippen LogP contribution < -0.4 is 10.6 Å². The molecular formula is C17H23F3N4O. The summed E-state index contributed by atoms with van der Waals surface area (Å²) in [6.45, 7) is 6.12. The van der Waals surface area contributed by atoms with Gasteiger partial charge in [-0.15, -0.1) is 0 Å². The molecule has 138 valence electrons. The minimum atomic E-state index is -4.32. The number of benzene rings is 1. The van der Waals surface area contributed by atoms with Crippen LogP contribution in [0, 0.1) is 0 Å². The Bertz CT molecular complexity index is 597. The molecule has 1 fully saturated rings. The Morgan fingerprint density at radius 2 is 1.96 bits per heavy atom. The zero-order valence-electron chi connectivity index (χ0n) is 14.1. The Labute approximate surface area is 145 Å². The van der Waals surface area contributed by atoms with Crippen molar-refractivity contribution in [2.75, 3.05) is 39.4 Å². The van der Waals surface area contributed by atoms with Crippen molar-refractivity contribution in [3.8, 4) is 0 Å². The van der Waals surface area contributed by atoms with Crippen LogP contribution in [0.4, 0.5) is 13.2 Å². The van der Waals surface area contributed by atoms with E-state index in [2.05, 4.69) is 20.5 Å². The van der Waals surface area contributed by atoms with Crippen molar-refractivity contribution < 1.29 is 17.9 Å².